The monoisotopic (exact) mass is 284 g/mol. The molecule has 3 aromatic carbocycles. The molecule has 0 fully saturated rings. The summed E-state index contributed by atoms with van der Waals surface area (Å²) in [5.41, 5.74) is 6.81. The summed E-state index contributed by atoms with van der Waals surface area (Å²) in [4.78, 5) is 0. The van der Waals surface area contributed by atoms with Crippen LogP contribution in [0.1, 0.15) is 0 Å². The Morgan fingerprint density at radius 1 is 0.545 bits per heavy atom. The molecule has 0 atom stereocenters. The van der Waals surface area contributed by atoms with Crippen LogP contribution in [-0.2, 0) is 0 Å². The highest BCUT2D eigenvalue weighted by molar-refractivity contribution is 6.32. The van der Waals surface area contributed by atoms with Crippen molar-refractivity contribution in [1.82, 2.24) is 0 Å². The van der Waals surface area contributed by atoms with Gasteiger partial charge in [-0.1, -0.05) is 47.3 Å². The second-order valence-electron chi connectivity index (χ2n) is 5.53. The maximum atomic E-state index is 3.49. The summed E-state index contributed by atoms with van der Waals surface area (Å²) in [5.74, 6) is 0. The van der Waals surface area contributed by atoms with Crippen LogP contribution in [-0.4, -0.2) is 15.7 Å². The lowest BCUT2D eigenvalue weighted by Crippen LogP contribution is -2.05. The Bertz CT molecular complexity index is 721. The van der Waals surface area contributed by atoms with Crippen LogP contribution in [0.5, 0.6) is 0 Å². The summed E-state index contributed by atoms with van der Waals surface area (Å²) in [5, 5.41) is 6.97. The Labute approximate surface area is 133 Å². The van der Waals surface area contributed by atoms with Crippen LogP contribution in [0.3, 0.4) is 0 Å². The van der Waals surface area contributed by atoms with Gasteiger partial charge in [-0.2, -0.15) is 0 Å². The summed E-state index contributed by atoms with van der Waals surface area (Å²) in [6, 6.07) is 25.0. The molecular weight excluding hydrogens is 266 g/mol. The van der Waals surface area contributed by atoms with Crippen LogP contribution >= 0.6 is 0 Å². The minimum Gasteiger partial charge on any atom is -0.354 e. The van der Waals surface area contributed by atoms with Gasteiger partial charge in [0.05, 0.1) is 11.4 Å². The minimum absolute atomic E-state index is 1.06. The average Bonchev–Trinajstić information content (AvgIpc) is 2.49. The van der Waals surface area contributed by atoms with E-state index in [9.17, 15) is 0 Å². The molecule has 2 nitrogen and oxygen atoms in total. The van der Waals surface area contributed by atoms with Crippen molar-refractivity contribution in [2.24, 2.45) is 0 Å². The highest BCUT2D eigenvalue weighted by Gasteiger charge is 2.03. The van der Waals surface area contributed by atoms with Gasteiger partial charge in [0.2, 0.25) is 0 Å². The molecule has 0 aliphatic carbocycles. The Hall–Kier alpha value is -2.61. The Morgan fingerprint density at radius 2 is 1.00 bits per heavy atom. The second-order valence-corrected chi connectivity index (χ2v) is 5.53. The molecule has 0 amide bonds. The van der Waals surface area contributed by atoms with Crippen molar-refractivity contribution < 1.29 is 0 Å². The first-order chi connectivity index (χ1) is 10.7. The molecule has 2 N–H and O–H groups in total. The van der Waals surface area contributed by atoms with Gasteiger partial charge in [-0.3, -0.25) is 0 Å². The molecule has 0 saturated carbocycles. The third-order valence-corrected chi connectivity index (χ3v) is 3.52. The lowest BCUT2D eigenvalue weighted by atomic mass is 9.96. The van der Waals surface area contributed by atoms with Crippen molar-refractivity contribution in [3.8, 4) is 0 Å². The molecule has 0 spiro atoms. The van der Waals surface area contributed by atoms with Crippen LogP contribution in [0.25, 0.3) is 0 Å². The lowest BCUT2D eigenvalue weighted by Gasteiger charge is -2.14. The normalized spacial score (nSPS) is 10.2. The molecule has 22 heavy (non-hydrogen) atoms. The van der Waals surface area contributed by atoms with E-state index in [2.05, 4.69) is 87.0 Å². The highest BCUT2D eigenvalue weighted by atomic mass is 15.0. The molecule has 0 radical (unpaired) electrons. The zero-order valence-electron chi connectivity index (χ0n) is 12.9. The smallest absolute Gasteiger partial charge is 0.139 e. The highest BCUT2D eigenvalue weighted by Crippen LogP contribution is 2.27. The fraction of sp³-hybridized carbons (Fsp3) is 0. The van der Waals surface area contributed by atoms with E-state index in [1.54, 1.807) is 0 Å². The van der Waals surface area contributed by atoms with E-state index < -0.39 is 0 Å². The molecule has 0 aromatic heterocycles. The number of anilines is 4. The fourth-order valence-electron chi connectivity index (χ4n) is 2.46. The van der Waals surface area contributed by atoms with Gasteiger partial charge in [-0.05, 0) is 36.4 Å². The third-order valence-electron chi connectivity index (χ3n) is 3.52. The maximum Gasteiger partial charge on any atom is 0.139 e. The number of rotatable bonds is 4. The van der Waals surface area contributed by atoms with Gasteiger partial charge in [-0.25, -0.2) is 0 Å². The Morgan fingerprint density at radius 3 is 1.41 bits per heavy atom. The van der Waals surface area contributed by atoms with E-state index >= 15 is 0 Å². The largest absolute Gasteiger partial charge is 0.354 e. The molecule has 3 aromatic rings. The van der Waals surface area contributed by atoms with Crippen molar-refractivity contribution in [2.45, 2.75) is 0 Å². The first-order valence-corrected chi connectivity index (χ1v) is 7.47. The lowest BCUT2D eigenvalue weighted by molar-refractivity contribution is 1.51. The Kier molecular flexibility index (Phi) is 4.19. The molecule has 0 saturated heterocycles. The zero-order valence-corrected chi connectivity index (χ0v) is 12.9. The zero-order chi connectivity index (χ0) is 15.4. The number of nitrogens with one attached hydrogen (secondary N) is 2. The molecule has 106 valence electrons. The van der Waals surface area contributed by atoms with Gasteiger partial charge in [0.15, 0.2) is 0 Å². The molecule has 0 bridgehead atoms. The van der Waals surface area contributed by atoms with E-state index in [4.69, 9.17) is 0 Å². The van der Waals surface area contributed by atoms with Crippen molar-refractivity contribution in [2.75, 3.05) is 10.6 Å². The predicted octanol–water partition coefficient (Wildman–Crippen LogP) is 1.69. The van der Waals surface area contributed by atoms with E-state index in [1.165, 1.54) is 10.9 Å². The number of hydrogen-bond donors (Lipinski definition) is 2. The summed E-state index contributed by atoms with van der Waals surface area (Å²) < 4.78 is 0. The molecule has 0 unspecified atom stereocenters. The van der Waals surface area contributed by atoms with Crippen LogP contribution in [0.15, 0.2) is 72.8 Å². The first-order valence-electron chi connectivity index (χ1n) is 7.47. The standard InChI is InChI=1S/C18H18B2N2/c19-13-5-3-7-15(11-13)21-17-9-1-2-10-18(17)22-16-8-4-6-14(20)12-16/h1-12,21-22H,19-20H2. The molecule has 4 heteroatoms. The number of hydrogen-bond acceptors (Lipinski definition) is 2. The summed E-state index contributed by atoms with van der Waals surface area (Å²) in [6.45, 7) is 0. The second kappa shape index (κ2) is 6.44. The summed E-state index contributed by atoms with van der Waals surface area (Å²) in [6.07, 6.45) is 0. The van der Waals surface area contributed by atoms with Gasteiger partial charge in [0.1, 0.15) is 15.7 Å². The topological polar surface area (TPSA) is 24.1 Å². The molecule has 0 aliphatic rings. The fourth-order valence-corrected chi connectivity index (χ4v) is 2.46. The summed E-state index contributed by atoms with van der Waals surface area (Å²) >= 11 is 0. The first kappa shape index (κ1) is 14.3. The van der Waals surface area contributed by atoms with Gasteiger partial charge >= 0.3 is 0 Å². The van der Waals surface area contributed by atoms with Crippen LogP contribution in [0.4, 0.5) is 22.7 Å². The third kappa shape index (κ3) is 3.53. The van der Waals surface area contributed by atoms with Gasteiger partial charge in [0, 0.05) is 11.4 Å². The predicted molar refractivity (Wildman–Crippen MR) is 102 cm³/mol. The van der Waals surface area contributed by atoms with Crippen molar-refractivity contribution in [3.05, 3.63) is 72.8 Å². The maximum absolute atomic E-state index is 3.49. The van der Waals surface area contributed by atoms with Crippen molar-refractivity contribution in [1.29, 1.82) is 0 Å². The van der Waals surface area contributed by atoms with E-state index in [0.717, 1.165) is 22.7 Å². The molecule has 0 aliphatic heterocycles. The van der Waals surface area contributed by atoms with Crippen LogP contribution in [0.2, 0.25) is 0 Å². The van der Waals surface area contributed by atoms with Crippen molar-refractivity contribution >= 4 is 49.4 Å². The quantitative estimate of drug-likeness (QED) is 0.712. The number of benzene rings is 3. The van der Waals surface area contributed by atoms with E-state index in [-0.39, 0.29) is 0 Å². The van der Waals surface area contributed by atoms with Crippen LogP contribution < -0.4 is 21.6 Å². The molecule has 0 heterocycles. The van der Waals surface area contributed by atoms with Crippen LogP contribution in [0, 0.1) is 0 Å². The average molecular weight is 284 g/mol. The molecule has 3 rings (SSSR count). The number of para-hydroxylation sites is 2. The van der Waals surface area contributed by atoms with E-state index in [0.29, 0.717) is 0 Å². The minimum atomic E-state index is 1.06. The SMILES string of the molecule is Bc1cccc(Nc2ccccc2Nc2cccc(B)c2)c1. The van der Waals surface area contributed by atoms with E-state index in [1.807, 2.05) is 12.1 Å². The Balaban J connectivity index is 1.86. The summed E-state index contributed by atoms with van der Waals surface area (Å²) in [7, 11) is 4.20. The van der Waals surface area contributed by atoms with Gasteiger partial charge in [0.25, 0.3) is 0 Å². The van der Waals surface area contributed by atoms with Crippen molar-refractivity contribution in [3.63, 3.8) is 0 Å². The molecular formula is C18H18B2N2. The van der Waals surface area contributed by atoms with Gasteiger partial charge in [-0.15, -0.1) is 0 Å². The van der Waals surface area contributed by atoms with Gasteiger partial charge < -0.3 is 10.6 Å².